The third-order valence-electron chi connectivity index (χ3n) is 4.83. The number of carbonyl (C=O) groups is 1. The summed E-state index contributed by atoms with van der Waals surface area (Å²) in [5, 5.41) is 0. The van der Waals surface area contributed by atoms with Gasteiger partial charge in [-0.3, -0.25) is 0 Å². The molecule has 0 N–H and O–H groups in total. The Morgan fingerprint density at radius 3 is 2.26 bits per heavy atom. The summed E-state index contributed by atoms with van der Waals surface area (Å²) in [6.07, 6.45) is -3.73. The Morgan fingerprint density at radius 2 is 1.63 bits per heavy atom. The van der Waals surface area contributed by atoms with Crippen LogP contribution in [0.2, 0.25) is 0 Å². The second-order valence-electron chi connectivity index (χ2n) is 6.46. The van der Waals surface area contributed by atoms with Crippen LogP contribution in [-0.4, -0.2) is 32.1 Å². The number of halogens is 3. The SMILES string of the molecule is O=C[C@@H]1CN(S(=O)(=O)c2ccccc2C(F)(F)F)CC[C@@H]1c1ccccc1. The Labute approximate surface area is 155 Å². The molecule has 2 aromatic carbocycles. The van der Waals surface area contributed by atoms with E-state index in [4.69, 9.17) is 0 Å². The predicted octanol–water partition coefficient (Wildman–Crippen LogP) is 3.70. The molecule has 2 aromatic rings. The zero-order valence-electron chi connectivity index (χ0n) is 14.3. The fourth-order valence-electron chi connectivity index (χ4n) is 3.49. The van der Waals surface area contributed by atoms with Crippen molar-refractivity contribution < 1.29 is 26.4 Å². The van der Waals surface area contributed by atoms with Gasteiger partial charge >= 0.3 is 6.18 Å². The second kappa shape index (κ2) is 7.44. The first-order valence-electron chi connectivity index (χ1n) is 8.42. The van der Waals surface area contributed by atoms with Crippen molar-refractivity contribution in [2.24, 2.45) is 5.92 Å². The average molecular weight is 397 g/mol. The Morgan fingerprint density at radius 1 is 1.00 bits per heavy atom. The molecule has 144 valence electrons. The summed E-state index contributed by atoms with van der Waals surface area (Å²) in [5.74, 6) is -0.776. The first-order chi connectivity index (χ1) is 12.7. The quantitative estimate of drug-likeness (QED) is 0.740. The van der Waals surface area contributed by atoms with E-state index in [0.717, 1.165) is 28.1 Å². The summed E-state index contributed by atoms with van der Waals surface area (Å²) in [6, 6.07) is 13.4. The molecule has 1 aliphatic rings. The van der Waals surface area contributed by atoms with Gasteiger partial charge < -0.3 is 4.79 Å². The van der Waals surface area contributed by atoms with Crippen LogP contribution in [0.5, 0.6) is 0 Å². The second-order valence-corrected chi connectivity index (χ2v) is 8.37. The number of rotatable bonds is 4. The summed E-state index contributed by atoms with van der Waals surface area (Å²) in [5.41, 5.74) is -0.278. The van der Waals surface area contributed by atoms with Crippen molar-refractivity contribution in [3.05, 3.63) is 65.7 Å². The average Bonchev–Trinajstić information content (AvgIpc) is 2.67. The van der Waals surface area contributed by atoms with Crippen LogP contribution in [0.4, 0.5) is 13.2 Å². The smallest absolute Gasteiger partial charge is 0.303 e. The summed E-state index contributed by atoms with van der Waals surface area (Å²) in [7, 11) is -4.37. The molecule has 4 nitrogen and oxygen atoms in total. The van der Waals surface area contributed by atoms with Crippen molar-refractivity contribution in [3.63, 3.8) is 0 Å². The van der Waals surface area contributed by atoms with E-state index in [9.17, 15) is 26.4 Å². The largest absolute Gasteiger partial charge is 0.417 e. The van der Waals surface area contributed by atoms with Gasteiger partial charge in [-0.2, -0.15) is 17.5 Å². The first kappa shape index (κ1) is 19.6. The predicted molar refractivity (Wildman–Crippen MR) is 93.6 cm³/mol. The van der Waals surface area contributed by atoms with E-state index in [2.05, 4.69) is 0 Å². The molecule has 0 saturated carbocycles. The van der Waals surface area contributed by atoms with Gasteiger partial charge in [0.15, 0.2) is 0 Å². The van der Waals surface area contributed by atoms with Crippen LogP contribution in [0.25, 0.3) is 0 Å². The van der Waals surface area contributed by atoms with Crippen molar-refractivity contribution >= 4 is 16.3 Å². The normalized spacial score (nSPS) is 21.7. The minimum atomic E-state index is -4.78. The van der Waals surface area contributed by atoms with Crippen molar-refractivity contribution in [1.82, 2.24) is 4.31 Å². The standard InChI is InChI=1S/C19H18F3NO3S/c20-19(21,22)17-8-4-5-9-18(17)27(25,26)23-11-10-16(15(12-23)13-24)14-6-2-1-3-7-14/h1-9,13,15-16H,10-12H2/t15-,16+/m0/s1. The van der Waals surface area contributed by atoms with Gasteiger partial charge in [-0.1, -0.05) is 42.5 Å². The Balaban J connectivity index is 1.91. The van der Waals surface area contributed by atoms with E-state index in [-0.39, 0.29) is 19.0 Å². The highest BCUT2D eigenvalue weighted by molar-refractivity contribution is 7.89. The molecule has 1 saturated heterocycles. The number of hydrogen-bond acceptors (Lipinski definition) is 3. The molecule has 8 heteroatoms. The molecule has 0 unspecified atom stereocenters. The number of hydrogen-bond donors (Lipinski definition) is 0. The van der Waals surface area contributed by atoms with E-state index in [1.54, 1.807) is 0 Å². The lowest BCUT2D eigenvalue weighted by molar-refractivity contribution is -0.140. The maximum atomic E-state index is 13.2. The van der Waals surface area contributed by atoms with Crippen molar-refractivity contribution in [1.29, 1.82) is 0 Å². The molecule has 0 amide bonds. The molecule has 27 heavy (non-hydrogen) atoms. The Kier molecular flexibility index (Phi) is 5.39. The fourth-order valence-corrected chi connectivity index (χ4v) is 5.19. The van der Waals surface area contributed by atoms with E-state index in [1.165, 1.54) is 6.07 Å². The molecule has 1 aliphatic heterocycles. The molecule has 1 fully saturated rings. The number of piperidine rings is 1. The lowest BCUT2D eigenvalue weighted by Gasteiger charge is -2.36. The number of aldehydes is 1. The summed E-state index contributed by atoms with van der Waals surface area (Å²) >= 11 is 0. The third-order valence-corrected chi connectivity index (χ3v) is 6.76. The van der Waals surface area contributed by atoms with Crippen LogP contribution < -0.4 is 0 Å². The van der Waals surface area contributed by atoms with Crippen LogP contribution >= 0.6 is 0 Å². The zero-order valence-corrected chi connectivity index (χ0v) is 15.1. The van der Waals surface area contributed by atoms with Crippen LogP contribution in [0.1, 0.15) is 23.5 Å². The highest BCUT2D eigenvalue weighted by Crippen LogP contribution is 2.38. The molecule has 0 radical (unpaired) electrons. The van der Waals surface area contributed by atoms with E-state index >= 15 is 0 Å². The molecular weight excluding hydrogens is 379 g/mol. The van der Waals surface area contributed by atoms with Gasteiger partial charge in [-0.05, 0) is 30.0 Å². The molecule has 0 aromatic heterocycles. The Bertz CT molecular complexity index is 913. The van der Waals surface area contributed by atoms with Crippen molar-refractivity contribution in [3.8, 4) is 0 Å². The molecule has 3 rings (SSSR count). The summed E-state index contributed by atoms with van der Waals surface area (Å²) < 4.78 is 66.4. The minimum Gasteiger partial charge on any atom is -0.303 e. The molecule has 0 aliphatic carbocycles. The van der Waals surface area contributed by atoms with Crippen LogP contribution in [0.15, 0.2) is 59.5 Å². The van der Waals surface area contributed by atoms with Gasteiger partial charge in [0, 0.05) is 19.0 Å². The van der Waals surface area contributed by atoms with Gasteiger partial charge in [-0.25, -0.2) is 8.42 Å². The number of alkyl halides is 3. The lowest BCUT2D eigenvalue weighted by Crippen LogP contribution is -2.44. The van der Waals surface area contributed by atoms with Crippen LogP contribution in [0.3, 0.4) is 0 Å². The maximum absolute atomic E-state index is 13.2. The maximum Gasteiger partial charge on any atom is 0.417 e. The van der Waals surface area contributed by atoms with Crippen molar-refractivity contribution in [2.45, 2.75) is 23.4 Å². The molecule has 2 atom stereocenters. The van der Waals surface area contributed by atoms with Gasteiger partial charge in [-0.15, -0.1) is 0 Å². The summed E-state index contributed by atoms with van der Waals surface area (Å²) in [6.45, 7) is -0.0873. The van der Waals surface area contributed by atoms with E-state index in [1.807, 2.05) is 30.3 Å². The van der Waals surface area contributed by atoms with Gasteiger partial charge in [0.2, 0.25) is 10.0 Å². The topological polar surface area (TPSA) is 54.5 Å². The minimum absolute atomic E-state index is 0.0540. The number of benzene rings is 2. The fraction of sp³-hybridized carbons (Fsp3) is 0.316. The van der Waals surface area contributed by atoms with Gasteiger partial charge in [0.1, 0.15) is 6.29 Å². The van der Waals surface area contributed by atoms with Crippen LogP contribution in [0, 0.1) is 5.92 Å². The lowest BCUT2D eigenvalue weighted by atomic mass is 9.82. The molecule has 0 spiro atoms. The third kappa shape index (κ3) is 3.91. The summed E-state index contributed by atoms with van der Waals surface area (Å²) in [4.78, 5) is 10.8. The number of sulfonamides is 1. The monoisotopic (exact) mass is 397 g/mol. The first-order valence-corrected chi connectivity index (χ1v) is 9.86. The molecule has 1 heterocycles. The number of carbonyl (C=O) groups excluding carboxylic acids is 1. The highest BCUT2D eigenvalue weighted by Gasteiger charge is 2.41. The molecular formula is C19H18F3NO3S. The highest BCUT2D eigenvalue weighted by atomic mass is 32.2. The molecule has 0 bridgehead atoms. The number of nitrogens with zero attached hydrogens (tertiary/aromatic N) is 1. The van der Waals surface area contributed by atoms with Crippen LogP contribution in [-0.2, 0) is 21.0 Å². The Hall–Kier alpha value is -2.19. The van der Waals surface area contributed by atoms with E-state index in [0.29, 0.717) is 12.7 Å². The zero-order chi connectivity index (χ0) is 19.7. The van der Waals surface area contributed by atoms with Gasteiger partial charge in [0.05, 0.1) is 10.5 Å². The van der Waals surface area contributed by atoms with Gasteiger partial charge in [0.25, 0.3) is 0 Å². The van der Waals surface area contributed by atoms with Crippen molar-refractivity contribution in [2.75, 3.05) is 13.1 Å². The van der Waals surface area contributed by atoms with E-state index < -0.39 is 32.6 Å².